The van der Waals surface area contributed by atoms with E-state index in [1.165, 1.54) is 12.1 Å². The minimum atomic E-state index is -3.77. The number of unbranched alkanes of at least 4 members (excludes halogenated alkanes) is 2. The summed E-state index contributed by atoms with van der Waals surface area (Å²) in [5.41, 5.74) is 3.45. The summed E-state index contributed by atoms with van der Waals surface area (Å²) in [4.78, 5) is 40.8. The Morgan fingerprint density at radius 3 is 2.42 bits per heavy atom. The number of nitrogens with two attached hydrogens (primary N) is 1. The van der Waals surface area contributed by atoms with Crippen LogP contribution in [0.4, 0.5) is 0 Å². The van der Waals surface area contributed by atoms with Crippen LogP contribution in [0.3, 0.4) is 0 Å². The van der Waals surface area contributed by atoms with Gasteiger partial charge in [-0.2, -0.15) is 0 Å². The molecule has 3 aromatic rings. The number of benzene rings is 2. The first-order chi connectivity index (χ1) is 19.0. The van der Waals surface area contributed by atoms with E-state index < -0.39 is 16.1 Å². The van der Waals surface area contributed by atoms with E-state index in [0.29, 0.717) is 38.0 Å². The van der Waals surface area contributed by atoms with E-state index in [4.69, 9.17) is 9.88 Å². The molecule has 0 aliphatic carbocycles. The lowest BCUT2D eigenvalue weighted by molar-refractivity contribution is -0.128. The van der Waals surface area contributed by atoms with Gasteiger partial charge in [-0.05, 0) is 74.6 Å². The molecular weight excluding hydrogens is 532 g/mol. The summed E-state index contributed by atoms with van der Waals surface area (Å²) in [6, 6.07) is 11.1. The van der Waals surface area contributed by atoms with Gasteiger partial charge < -0.3 is 25.1 Å². The maximum atomic E-state index is 13.1. The molecule has 0 bridgehead atoms. The van der Waals surface area contributed by atoms with Crippen molar-refractivity contribution < 1.29 is 27.5 Å². The van der Waals surface area contributed by atoms with Gasteiger partial charge in [0, 0.05) is 29.6 Å². The van der Waals surface area contributed by atoms with Gasteiger partial charge in [0.15, 0.2) is 0 Å². The molecule has 0 fully saturated rings. The minimum absolute atomic E-state index is 0.0247. The summed E-state index contributed by atoms with van der Waals surface area (Å²) in [6.45, 7) is 3.77. The number of Topliss-reactive ketones (excluding diaryl/α,β-unsaturated/α-hetero) is 1. The fraction of sp³-hybridized carbons (Fsp3) is 0.414. The molecule has 2 amide bonds. The highest BCUT2D eigenvalue weighted by Crippen LogP contribution is 2.26. The molecule has 2 aromatic carbocycles. The fourth-order valence-electron chi connectivity index (χ4n) is 4.59. The van der Waals surface area contributed by atoms with Gasteiger partial charge in [-0.1, -0.05) is 25.0 Å². The average molecular weight is 571 g/mol. The first kappa shape index (κ1) is 30.8. The van der Waals surface area contributed by atoms with E-state index in [1.54, 1.807) is 26.2 Å². The number of fused-ring (bicyclic) bond motifs is 1. The lowest BCUT2D eigenvalue weighted by atomic mass is 10.0. The van der Waals surface area contributed by atoms with E-state index >= 15 is 0 Å². The lowest BCUT2D eigenvalue weighted by Gasteiger charge is -2.19. The molecule has 1 heterocycles. The summed E-state index contributed by atoms with van der Waals surface area (Å²) in [7, 11) is -2.18. The molecule has 0 aliphatic heterocycles. The topological polar surface area (TPSA) is 160 Å². The molecule has 5 N–H and O–H groups in total. The monoisotopic (exact) mass is 570 g/mol. The number of amides is 2. The van der Waals surface area contributed by atoms with Crippen LogP contribution in [0.5, 0.6) is 5.75 Å². The second kappa shape index (κ2) is 14.1. The largest absolute Gasteiger partial charge is 0.497 e. The van der Waals surface area contributed by atoms with Crippen LogP contribution in [-0.4, -0.2) is 50.7 Å². The molecule has 0 saturated heterocycles. The van der Waals surface area contributed by atoms with Crippen LogP contribution < -0.4 is 20.5 Å². The number of hydrogen-bond donors (Lipinski definition) is 4. The highest BCUT2D eigenvalue weighted by Gasteiger charge is 2.22. The SMILES string of the molecule is COc1ccc2[nH]c(C)c(CC(=O)NC(CCCCCC(C)=O)C(=O)NCCc3ccc(S(N)(=O)=O)cc3)c2c1. The van der Waals surface area contributed by atoms with Crippen LogP contribution in [0.1, 0.15) is 55.8 Å². The molecule has 40 heavy (non-hydrogen) atoms. The summed E-state index contributed by atoms with van der Waals surface area (Å²) < 4.78 is 28.2. The van der Waals surface area contributed by atoms with Gasteiger partial charge in [0.25, 0.3) is 0 Å². The third-order valence-electron chi connectivity index (χ3n) is 6.80. The highest BCUT2D eigenvalue weighted by atomic mass is 32.2. The van der Waals surface area contributed by atoms with E-state index in [9.17, 15) is 22.8 Å². The molecule has 3 rings (SSSR count). The Hall–Kier alpha value is -3.70. The number of hydrogen-bond acceptors (Lipinski definition) is 6. The van der Waals surface area contributed by atoms with Crippen molar-refractivity contribution in [1.29, 1.82) is 0 Å². The average Bonchev–Trinajstić information content (AvgIpc) is 3.21. The van der Waals surface area contributed by atoms with Crippen molar-refractivity contribution in [2.45, 2.75) is 69.7 Å². The number of methoxy groups -OCH3 is 1. The number of H-pyrrole nitrogens is 1. The number of carbonyl (C=O) groups excluding carboxylic acids is 3. The zero-order valence-electron chi connectivity index (χ0n) is 23.2. The molecule has 0 radical (unpaired) electrons. The molecule has 10 nitrogen and oxygen atoms in total. The Morgan fingerprint density at radius 1 is 1.05 bits per heavy atom. The number of carbonyl (C=O) groups is 3. The highest BCUT2D eigenvalue weighted by molar-refractivity contribution is 7.89. The number of ether oxygens (including phenoxy) is 1. The van der Waals surface area contributed by atoms with Crippen molar-refractivity contribution >= 4 is 38.5 Å². The van der Waals surface area contributed by atoms with Gasteiger partial charge in [-0.15, -0.1) is 0 Å². The van der Waals surface area contributed by atoms with E-state index in [0.717, 1.165) is 40.6 Å². The van der Waals surface area contributed by atoms with Crippen LogP contribution >= 0.6 is 0 Å². The van der Waals surface area contributed by atoms with Gasteiger partial charge in [0.05, 0.1) is 18.4 Å². The Morgan fingerprint density at radius 2 is 1.77 bits per heavy atom. The number of primary sulfonamides is 1. The third kappa shape index (κ3) is 8.92. The number of rotatable bonds is 15. The number of aromatic amines is 1. The van der Waals surface area contributed by atoms with Crippen molar-refractivity contribution in [3.63, 3.8) is 0 Å². The summed E-state index contributed by atoms with van der Waals surface area (Å²) >= 11 is 0. The molecule has 216 valence electrons. The van der Waals surface area contributed by atoms with Gasteiger partial charge >= 0.3 is 0 Å². The van der Waals surface area contributed by atoms with Crippen LogP contribution in [0.2, 0.25) is 0 Å². The van der Waals surface area contributed by atoms with Crippen molar-refractivity contribution in [1.82, 2.24) is 15.6 Å². The maximum Gasteiger partial charge on any atom is 0.242 e. The first-order valence-corrected chi connectivity index (χ1v) is 14.9. The van der Waals surface area contributed by atoms with E-state index in [2.05, 4.69) is 15.6 Å². The molecule has 1 atom stereocenters. The normalized spacial score (nSPS) is 12.2. The van der Waals surface area contributed by atoms with Gasteiger partial charge in [0.1, 0.15) is 17.6 Å². The lowest BCUT2D eigenvalue weighted by Crippen LogP contribution is -2.47. The molecule has 0 spiro atoms. The first-order valence-electron chi connectivity index (χ1n) is 13.3. The summed E-state index contributed by atoms with van der Waals surface area (Å²) in [5.74, 6) is 0.258. The van der Waals surface area contributed by atoms with Gasteiger partial charge in [0.2, 0.25) is 21.8 Å². The predicted octanol–water partition coefficient (Wildman–Crippen LogP) is 3.06. The predicted molar refractivity (Wildman–Crippen MR) is 154 cm³/mol. The third-order valence-corrected chi connectivity index (χ3v) is 7.73. The second-order valence-corrected chi connectivity index (χ2v) is 11.5. The van der Waals surface area contributed by atoms with Gasteiger partial charge in [-0.25, -0.2) is 13.6 Å². The molecular formula is C29H38N4O6S. The molecule has 0 aliphatic rings. The number of ketones is 1. The Bertz CT molecular complexity index is 1450. The Balaban J connectivity index is 1.63. The summed E-state index contributed by atoms with van der Waals surface area (Å²) in [5, 5.41) is 11.8. The van der Waals surface area contributed by atoms with Crippen molar-refractivity contribution in [2.75, 3.05) is 13.7 Å². The van der Waals surface area contributed by atoms with Gasteiger partial charge in [-0.3, -0.25) is 9.59 Å². The maximum absolute atomic E-state index is 13.1. The standard InChI is InChI=1S/C29H38N4O6S/c1-19(34)7-5-4-6-8-27(29(36)31-16-15-21-9-12-23(13-10-21)40(30,37)38)33-28(35)18-24-20(2)32-26-14-11-22(39-3)17-25(24)26/h9-14,17,27,32H,4-8,15-16,18H2,1-3H3,(H,31,36)(H,33,35)(H2,30,37,38). The van der Waals surface area contributed by atoms with E-state index in [-0.39, 0.29) is 28.9 Å². The zero-order chi connectivity index (χ0) is 29.3. The quantitative estimate of drug-likeness (QED) is 0.205. The van der Waals surface area contributed by atoms with Crippen LogP contribution in [0.25, 0.3) is 10.9 Å². The molecule has 1 unspecified atom stereocenters. The number of aryl methyl sites for hydroxylation is 1. The van der Waals surface area contributed by atoms with Crippen LogP contribution in [0, 0.1) is 6.92 Å². The smallest absolute Gasteiger partial charge is 0.242 e. The Kier molecular flexibility index (Phi) is 10.9. The number of aromatic nitrogens is 1. The minimum Gasteiger partial charge on any atom is -0.497 e. The molecule has 1 aromatic heterocycles. The van der Waals surface area contributed by atoms with Crippen LogP contribution in [-0.2, 0) is 37.2 Å². The number of sulfonamides is 1. The van der Waals surface area contributed by atoms with Crippen molar-refractivity contribution in [2.24, 2.45) is 5.14 Å². The zero-order valence-corrected chi connectivity index (χ0v) is 24.0. The van der Waals surface area contributed by atoms with Crippen molar-refractivity contribution in [3.05, 3.63) is 59.3 Å². The number of nitrogens with one attached hydrogen (secondary N) is 3. The fourth-order valence-corrected chi connectivity index (χ4v) is 5.10. The Labute approximate surface area is 235 Å². The summed E-state index contributed by atoms with van der Waals surface area (Å²) in [6.07, 6.45) is 3.72. The molecule has 11 heteroatoms. The van der Waals surface area contributed by atoms with E-state index in [1.807, 2.05) is 25.1 Å². The van der Waals surface area contributed by atoms with Crippen molar-refractivity contribution in [3.8, 4) is 5.75 Å². The molecule has 0 saturated carbocycles. The second-order valence-electron chi connectivity index (χ2n) is 9.97. The van der Waals surface area contributed by atoms with Crippen LogP contribution in [0.15, 0.2) is 47.4 Å².